The molecule has 1 heterocycles. The molecule has 1 aliphatic carbocycles. The van der Waals surface area contributed by atoms with Crippen molar-refractivity contribution in [2.75, 3.05) is 12.4 Å². The van der Waals surface area contributed by atoms with E-state index in [2.05, 4.69) is 29.2 Å². The van der Waals surface area contributed by atoms with Gasteiger partial charge >= 0.3 is 0 Å². The van der Waals surface area contributed by atoms with Gasteiger partial charge in [-0.2, -0.15) is 5.10 Å². The normalized spacial score (nSPS) is 17.6. The van der Waals surface area contributed by atoms with Crippen LogP contribution in [0.4, 0.5) is 0 Å². The van der Waals surface area contributed by atoms with Gasteiger partial charge in [-0.1, -0.05) is 0 Å². The van der Waals surface area contributed by atoms with Crippen LogP contribution < -0.4 is 5.32 Å². The van der Waals surface area contributed by atoms with Crippen LogP contribution in [0.25, 0.3) is 0 Å². The standard InChI is InChI=1S/C12H21ClN4/c1-10(2)17-11(15-9-16-17)7-14-8-12(3-4-12)5-6-13/h9-10,14H,3-8H2,1-2H3. The summed E-state index contributed by atoms with van der Waals surface area (Å²) < 4.78 is 1.97. The molecule has 96 valence electrons. The summed E-state index contributed by atoms with van der Waals surface area (Å²) in [5, 5.41) is 7.72. The molecular weight excluding hydrogens is 236 g/mol. The van der Waals surface area contributed by atoms with Gasteiger partial charge in [0.2, 0.25) is 0 Å². The molecule has 0 unspecified atom stereocenters. The first-order valence-electron chi connectivity index (χ1n) is 6.32. The van der Waals surface area contributed by atoms with Crippen molar-refractivity contribution in [1.82, 2.24) is 20.1 Å². The van der Waals surface area contributed by atoms with Crippen LogP contribution >= 0.6 is 11.6 Å². The van der Waals surface area contributed by atoms with Crippen molar-refractivity contribution in [3.63, 3.8) is 0 Å². The van der Waals surface area contributed by atoms with E-state index in [4.69, 9.17) is 11.6 Å². The van der Waals surface area contributed by atoms with Crippen molar-refractivity contribution < 1.29 is 0 Å². The first-order valence-corrected chi connectivity index (χ1v) is 6.85. The maximum Gasteiger partial charge on any atom is 0.141 e. The molecule has 17 heavy (non-hydrogen) atoms. The molecule has 5 heteroatoms. The lowest BCUT2D eigenvalue weighted by Crippen LogP contribution is -2.26. The van der Waals surface area contributed by atoms with Gasteiger partial charge < -0.3 is 5.32 Å². The van der Waals surface area contributed by atoms with E-state index in [1.165, 1.54) is 12.8 Å². The predicted molar refractivity (Wildman–Crippen MR) is 69.1 cm³/mol. The zero-order valence-electron chi connectivity index (χ0n) is 10.6. The van der Waals surface area contributed by atoms with Crippen LogP contribution in [-0.2, 0) is 6.54 Å². The van der Waals surface area contributed by atoms with E-state index in [1.54, 1.807) is 6.33 Å². The van der Waals surface area contributed by atoms with Crippen LogP contribution in [0, 0.1) is 5.41 Å². The Hall–Kier alpha value is -0.610. The van der Waals surface area contributed by atoms with Gasteiger partial charge in [-0.05, 0) is 38.5 Å². The molecule has 1 aromatic heterocycles. The predicted octanol–water partition coefficient (Wildman–Crippen LogP) is 2.36. The van der Waals surface area contributed by atoms with Gasteiger partial charge in [-0.25, -0.2) is 9.67 Å². The highest BCUT2D eigenvalue weighted by Gasteiger charge is 2.41. The third-order valence-electron chi connectivity index (χ3n) is 3.50. The van der Waals surface area contributed by atoms with Crippen LogP contribution in [0.3, 0.4) is 0 Å². The molecule has 1 aromatic rings. The highest BCUT2D eigenvalue weighted by atomic mass is 35.5. The Morgan fingerprint density at radius 3 is 2.88 bits per heavy atom. The Morgan fingerprint density at radius 2 is 2.29 bits per heavy atom. The monoisotopic (exact) mass is 256 g/mol. The SMILES string of the molecule is CC(C)n1ncnc1CNCC1(CCCl)CC1. The Morgan fingerprint density at radius 1 is 1.53 bits per heavy atom. The smallest absolute Gasteiger partial charge is 0.141 e. The second-order valence-corrected chi connectivity index (χ2v) is 5.64. The maximum atomic E-state index is 5.82. The summed E-state index contributed by atoms with van der Waals surface area (Å²) in [5.74, 6) is 1.78. The van der Waals surface area contributed by atoms with E-state index in [-0.39, 0.29) is 0 Å². The first-order chi connectivity index (χ1) is 8.17. The van der Waals surface area contributed by atoms with Gasteiger partial charge in [0.1, 0.15) is 12.2 Å². The van der Waals surface area contributed by atoms with Crippen molar-refractivity contribution in [3.05, 3.63) is 12.2 Å². The zero-order valence-corrected chi connectivity index (χ0v) is 11.4. The van der Waals surface area contributed by atoms with E-state index >= 15 is 0 Å². The van der Waals surface area contributed by atoms with Gasteiger partial charge in [-0.3, -0.25) is 0 Å². The summed E-state index contributed by atoms with van der Waals surface area (Å²) in [7, 11) is 0. The number of hydrogen-bond donors (Lipinski definition) is 1. The fraction of sp³-hybridized carbons (Fsp3) is 0.833. The quantitative estimate of drug-likeness (QED) is 0.762. The molecule has 0 radical (unpaired) electrons. The number of halogens is 1. The van der Waals surface area contributed by atoms with E-state index < -0.39 is 0 Å². The molecule has 1 saturated carbocycles. The molecule has 2 rings (SSSR count). The van der Waals surface area contributed by atoms with Crippen LogP contribution in [0.2, 0.25) is 0 Å². The van der Waals surface area contributed by atoms with Crippen molar-refractivity contribution in [2.24, 2.45) is 5.41 Å². The molecule has 0 aromatic carbocycles. The number of nitrogens with zero attached hydrogens (tertiary/aromatic N) is 3. The number of hydrogen-bond acceptors (Lipinski definition) is 3. The number of rotatable bonds is 7. The van der Waals surface area contributed by atoms with E-state index in [0.29, 0.717) is 11.5 Å². The van der Waals surface area contributed by atoms with Crippen molar-refractivity contribution in [3.8, 4) is 0 Å². The van der Waals surface area contributed by atoms with Crippen molar-refractivity contribution in [1.29, 1.82) is 0 Å². The Bertz CT molecular complexity index is 357. The van der Waals surface area contributed by atoms with Gasteiger partial charge in [0.15, 0.2) is 0 Å². The average Bonchev–Trinajstić information content (AvgIpc) is 2.88. The molecule has 1 aliphatic rings. The summed E-state index contributed by atoms with van der Waals surface area (Å²) in [6.07, 6.45) is 5.37. The van der Waals surface area contributed by atoms with Crippen LogP contribution in [0.5, 0.6) is 0 Å². The fourth-order valence-corrected chi connectivity index (χ4v) is 2.56. The first kappa shape index (κ1) is 12.8. The second kappa shape index (κ2) is 5.36. The molecule has 1 N–H and O–H groups in total. The number of alkyl halides is 1. The molecule has 4 nitrogen and oxygen atoms in total. The topological polar surface area (TPSA) is 42.7 Å². The summed E-state index contributed by atoms with van der Waals surface area (Å²) in [5.41, 5.74) is 0.477. The highest BCUT2D eigenvalue weighted by Crippen LogP contribution is 2.48. The van der Waals surface area contributed by atoms with E-state index in [9.17, 15) is 0 Å². The van der Waals surface area contributed by atoms with E-state index in [0.717, 1.165) is 31.2 Å². The zero-order chi connectivity index (χ0) is 12.3. The van der Waals surface area contributed by atoms with Gasteiger partial charge in [0.05, 0.1) is 6.54 Å². The minimum Gasteiger partial charge on any atom is -0.309 e. The molecule has 1 fully saturated rings. The summed E-state index contributed by atoms with van der Waals surface area (Å²) >= 11 is 5.82. The number of aromatic nitrogens is 3. The Kier molecular flexibility index (Phi) is 4.05. The minimum atomic E-state index is 0.368. The van der Waals surface area contributed by atoms with Crippen LogP contribution in [0.15, 0.2) is 6.33 Å². The van der Waals surface area contributed by atoms with Crippen LogP contribution in [0.1, 0.15) is 45.0 Å². The molecule has 0 atom stereocenters. The van der Waals surface area contributed by atoms with E-state index in [1.807, 2.05) is 4.68 Å². The van der Waals surface area contributed by atoms with Gasteiger partial charge in [0, 0.05) is 18.5 Å². The summed E-state index contributed by atoms with van der Waals surface area (Å²) in [4.78, 5) is 4.29. The Balaban J connectivity index is 1.80. The number of nitrogens with one attached hydrogen (secondary N) is 1. The fourth-order valence-electron chi connectivity index (χ4n) is 2.16. The maximum absolute atomic E-state index is 5.82. The van der Waals surface area contributed by atoms with Gasteiger partial charge in [-0.15, -0.1) is 11.6 Å². The second-order valence-electron chi connectivity index (χ2n) is 5.26. The van der Waals surface area contributed by atoms with Crippen molar-refractivity contribution in [2.45, 2.75) is 45.7 Å². The molecule has 0 amide bonds. The minimum absolute atomic E-state index is 0.368. The molecule has 0 bridgehead atoms. The Labute approximate surface area is 108 Å². The van der Waals surface area contributed by atoms with Gasteiger partial charge in [0.25, 0.3) is 0 Å². The highest BCUT2D eigenvalue weighted by molar-refractivity contribution is 6.17. The molecular formula is C12H21ClN4. The van der Waals surface area contributed by atoms with Crippen molar-refractivity contribution >= 4 is 11.6 Å². The lowest BCUT2D eigenvalue weighted by atomic mass is 10.0. The largest absolute Gasteiger partial charge is 0.309 e. The average molecular weight is 257 g/mol. The summed E-state index contributed by atoms with van der Waals surface area (Å²) in [6, 6.07) is 0.368. The lowest BCUT2D eigenvalue weighted by Gasteiger charge is -2.15. The lowest BCUT2D eigenvalue weighted by molar-refractivity contribution is 0.427. The molecule has 0 aliphatic heterocycles. The third-order valence-corrected chi connectivity index (χ3v) is 3.69. The molecule has 0 spiro atoms. The summed E-state index contributed by atoms with van der Waals surface area (Å²) in [6.45, 7) is 6.08. The molecule has 0 saturated heterocycles. The van der Waals surface area contributed by atoms with Crippen LogP contribution in [-0.4, -0.2) is 27.2 Å². The third kappa shape index (κ3) is 3.19.